The van der Waals surface area contributed by atoms with E-state index < -0.39 is 15.8 Å². The zero-order valence-corrected chi connectivity index (χ0v) is 20.0. The van der Waals surface area contributed by atoms with E-state index >= 15 is 0 Å². The van der Waals surface area contributed by atoms with Crippen molar-refractivity contribution in [2.75, 3.05) is 45.8 Å². The number of benzene rings is 2. The number of allylic oxidation sites excluding steroid dienone is 1. The minimum absolute atomic E-state index is 0.0392. The molecule has 0 atom stereocenters. The number of amides is 1. The first-order valence-corrected chi connectivity index (χ1v) is 13.4. The number of fused-ring (bicyclic) bond motifs is 2. The summed E-state index contributed by atoms with van der Waals surface area (Å²) in [4.78, 5) is 16.7. The molecule has 2 aromatic carbocycles. The summed E-state index contributed by atoms with van der Waals surface area (Å²) in [6, 6.07) is 14.0. The minimum Gasteiger partial charge on any atom is -0.342 e. The van der Waals surface area contributed by atoms with Crippen molar-refractivity contribution < 1.29 is 17.6 Å². The smallest absolute Gasteiger partial charge is 0.246 e. The summed E-state index contributed by atoms with van der Waals surface area (Å²) in [5.74, 6) is -0.642. The normalized spacial score (nSPS) is 20.9. The fourth-order valence-electron chi connectivity index (χ4n) is 5.46. The topological polar surface area (TPSA) is 60.9 Å². The predicted octanol–water partition coefficient (Wildman–Crippen LogP) is 3.11. The van der Waals surface area contributed by atoms with Crippen LogP contribution in [0.1, 0.15) is 30.4 Å². The number of nitrogens with zero attached hydrogens (tertiary/aromatic N) is 3. The van der Waals surface area contributed by atoms with Crippen LogP contribution in [-0.4, -0.2) is 74.2 Å². The molecule has 2 saturated heterocycles. The average molecular weight is 484 g/mol. The fourth-order valence-corrected chi connectivity index (χ4v) is 6.99. The molecule has 2 fully saturated rings. The quantitative estimate of drug-likeness (QED) is 0.671. The van der Waals surface area contributed by atoms with Gasteiger partial charge in [-0.25, -0.2) is 12.8 Å². The standard InChI is InChI=1S/C26H30FN3O3S/c27-23-8-3-4-9-24(23)34(32,33)30-15-5-14-28(18-19-30)20-25(31)29-16-12-26(13-17-29)11-10-21-6-1-2-7-22(21)26/h1-4,6-11H,5,12-20H2. The highest BCUT2D eigenvalue weighted by Gasteiger charge is 2.39. The van der Waals surface area contributed by atoms with Crippen LogP contribution < -0.4 is 0 Å². The van der Waals surface area contributed by atoms with Gasteiger partial charge in [0.05, 0.1) is 6.54 Å². The van der Waals surface area contributed by atoms with Gasteiger partial charge in [-0.2, -0.15) is 4.31 Å². The van der Waals surface area contributed by atoms with Crippen LogP contribution in [0.5, 0.6) is 0 Å². The Labute approximate surface area is 200 Å². The molecular formula is C26H30FN3O3S. The number of piperidine rings is 1. The van der Waals surface area contributed by atoms with Crippen LogP contribution in [0.3, 0.4) is 0 Å². The molecule has 34 heavy (non-hydrogen) atoms. The first-order chi connectivity index (χ1) is 16.4. The molecule has 0 unspecified atom stereocenters. The van der Waals surface area contributed by atoms with E-state index in [1.54, 1.807) is 0 Å². The van der Waals surface area contributed by atoms with E-state index in [0.29, 0.717) is 26.1 Å². The molecule has 6 nitrogen and oxygen atoms in total. The third kappa shape index (κ3) is 4.30. The largest absolute Gasteiger partial charge is 0.342 e. The maximum Gasteiger partial charge on any atom is 0.246 e. The highest BCUT2D eigenvalue weighted by Crippen LogP contribution is 2.43. The maximum atomic E-state index is 14.1. The summed E-state index contributed by atoms with van der Waals surface area (Å²) in [6.45, 7) is 3.38. The van der Waals surface area contributed by atoms with Crippen molar-refractivity contribution in [1.82, 2.24) is 14.1 Å². The second kappa shape index (κ2) is 9.24. The molecule has 2 heterocycles. The van der Waals surface area contributed by atoms with Gasteiger partial charge in [-0.15, -0.1) is 0 Å². The molecule has 0 saturated carbocycles. The van der Waals surface area contributed by atoms with E-state index in [9.17, 15) is 17.6 Å². The molecule has 5 rings (SSSR count). The molecular weight excluding hydrogens is 453 g/mol. The number of hydrogen-bond donors (Lipinski definition) is 0. The lowest BCUT2D eigenvalue weighted by Crippen LogP contribution is -2.48. The molecule has 0 radical (unpaired) electrons. The third-order valence-electron chi connectivity index (χ3n) is 7.45. The summed E-state index contributed by atoms with van der Waals surface area (Å²) in [7, 11) is -3.90. The zero-order chi connectivity index (χ0) is 23.8. The van der Waals surface area contributed by atoms with E-state index in [1.165, 1.54) is 39.7 Å². The van der Waals surface area contributed by atoms with Crippen molar-refractivity contribution in [2.45, 2.75) is 29.6 Å². The Bertz CT molecular complexity index is 1210. The highest BCUT2D eigenvalue weighted by atomic mass is 32.2. The Balaban J connectivity index is 1.17. The Kier molecular flexibility index (Phi) is 6.31. The summed E-state index contributed by atoms with van der Waals surface area (Å²) in [6.07, 6.45) is 6.94. The van der Waals surface area contributed by atoms with Gasteiger partial charge in [-0.1, -0.05) is 48.6 Å². The van der Waals surface area contributed by atoms with E-state index in [-0.39, 0.29) is 29.3 Å². The molecule has 0 N–H and O–H groups in total. The first kappa shape index (κ1) is 23.2. The second-order valence-corrected chi connectivity index (χ2v) is 11.3. The summed E-state index contributed by atoms with van der Waals surface area (Å²) in [5.41, 5.74) is 2.69. The van der Waals surface area contributed by atoms with Crippen LogP contribution in [0.4, 0.5) is 4.39 Å². The summed E-state index contributed by atoms with van der Waals surface area (Å²) in [5, 5.41) is 0. The summed E-state index contributed by atoms with van der Waals surface area (Å²) < 4.78 is 41.3. The number of carbonyl (C=O) groups excluding carboxylic acids is 1. The van der Waals surface area contributed by atoms with Crippen molar-refractivity contribution in [1.29, 1.82) is 0 Å². The highest BCUT2D eigenvalue weighted by molar-refractivity contribution is 7.89. The molecule has 2 aromatic rings. The Morgan fingerprint density at radius 2 is 1.65 bits per heavy atom. The predicted molar refractivity (Wildman–Crippen MR) is 129 cm³/mol. The summed E-state index contributed by atoms with van der Waals surface area (Å²) >= 11 is 0. The SMILES string of the molecule is O=C(CN1CCCN(S(=O)(=O)c2ccccc2F)CC1)N1CCC2(C=Cc3ccccc32)CC1. The van der Waals surface area contributed by atoms with Crippen molar-refractivity contribution in [2.24, 2.45) is 0 Å². The van der Waals surface area contributed by atoms with Crippen LogP contribution in [0, 0.1) is 5.82 Å². The zero-order valence-electron chi connectivity index (χ0n) is 19.2. The van der Waals surface area contributed by atoms with Crippen LogP contribution in [-0.2, 0) is 20.2 Å². The van der Waals surface area contributed by atoms with Crippen LogP contribution in [0.2, 0.25) is 0 Å². The lowest BCUT2D eigenvalue weighted by Gasteiger charge is -2.40. The maximum absolute atomic E-state index is 14.1. The number of halogens is 1. The minimum atomic E-state index is -3.90. The monoisotopic (exact) mass is 483 g/mol. The van der Waals surface area contributed by atoms with Crippen molar-refractivity contribution in [3.63, 3.8) is 0 Å². The molecule has 0 bridgehead atoms. The Morgan fingerprint density at radius 1 is 0.912 bits per heavy atom. The number of rotatable bonds is 4. The Morgan fingerprint density at radius 3 is 2.44 bits per heavy atom. The van der Waals surface area contributed by atoms with Gasteiger partial charge in [-0.3, -0.25) is 9.69 Å². The van der Waals surface area contributed by atoms with Gasteiger partial charge in [0.1, 0.15) is 10.7 Å². The fraction of sp³-hybridized carbons (Fsp3) is 0.423. The van der Waals surface area contributed by atoms with Gasteiger partial charge < -0.3 is 4.90 Å². The molecule has 1 amide bonds. The molecule has 180 valence electrons. The van der Waals surface area contributed by atoms with Crippen LogP contribution in [0.15, 0.2) is 59.5 Å². The molecule has 3 aliphatic rings. The van der Waals surface area contributed by atoms with E-state index in [2.05, 4.69) is 36.4 Å². The van der Waals surface area contributed by atoms with Crippen molar-refractivity contribution >= 4 is 22.0 Å². The first-order valence-electron chi connectivity index (χ1n) is 11.9. The number of sulfonamides is 1. The van der Waals surface area contributed by atoms with E-state index in [4.69, 9.17) is 0 Å². The molecule has 8 heteroatoms. The van der Waals surface area contributed by atoms with Crippen LogP contribution >= 0.6 is 0 Å². The van der Waals surface area contributed by atoms with Gasteiger partial charge in [-0.05, 0) is 49.1 Å². The molecule has 1 spiro atoms. The molecule has 0 aromatic heterocycles. The number of likely N-dealkylation sites (tertiary alicyclic amines) is 1. The average Bonchev–Trinajstić information content (AvgIpc) is 3.01. The molecule has 1 aliphatic carbocycles. The van der Waals surface area contributed by atoms with Gasteiger partial charge in [0.15, 0.2) is 0 Å². The Hall–Kier alpha value is -2.55. The second-order valence-electron chi connectivity index (χ2n) is 9.42. The van der Waals surface area contributed by atoms with Crippen molar-refractivity contribution in [3.8, 4) is 0 Å². The van der Waals surface area contributed by atoms with Crippen molar-refractivity contribution in [3.05, 3.63) is 71.6 Å². The van der Waals surface area contributed by atoms with Gasteiger partial charge >= 0.3 is 0 Å². The van der Waals surface area contributed by atoms with Crippen LogP contribution in [0.25, 0.3) is 6.08 Å². The van der Waals surface area contributed by atoms with Gasteiger partial charge in [0.25, 0.3) is 0 Å². The number of carbonyl (C=O) groups is 1. The van der Waals surface area contributed by atoms with E-state index in [0.717, 1.165) is 25.9 Å². The molecule has 2 aliphatic heterocycles. The third-order valence-corrected chi connectivity index (χ3v) is 9.38. The lowest BCUT2D eigenvalue weighted by molar-refractivity contribution is -0.133. The van der Waals surface area contributed by atoms with Gasteiger partial charge in [0.2, 0.25) is 15.9 Å². The number of hydrogen-bond acceptors (Lipinski definition) is 4. The lowest BCUT2D eigenvalue weighted by atomic mass is 9.74. The van der Waals surface area contributed by atoms with E-state index in [1.807, 2.05) is 9.80 Å². The van der Waals surface area contributed by atoms with Gasteiger partial charge in [0, 0.05) is 38.1 Å².